The van der Waals surface area contributed by atoms with Crippen molar-refractivity contribution in [1.82, 2.24) is 5.32 Å². The summed E-state index contributed by atoms with van der Waals surface area (Å²) >= 11 is 0. The molecule has 20 heavy (non-hydrogen) atoms. The highest BCUT2D eigenvalue weighted by atomic mass is 16.4. The number of hydrogen-bond acceptors (Lipinski definition) is 6. The maximum atomic E-state index is 10.5. The molecule has 1 aliphatic rings. The predicted molar refractivity (Wildman–Crippen MR) is 65.1 cm³/mol. The van der Waals surface area contributed by atoms with Gasteiger partial charge in [-0.15, -0.1) is 0 Å². The predicted octanol–water partition coefficient (Wildman–Crippen LogP) is -1.81. The highest BCUT2D eigenvalue weighted by Crippen LogP contribution is 2.17. The molecule has 0 saturated carbocycles. The van der Waals surface area contributed by atoms with Crippen LogP contribution in [0.2, 0.25) is 0 Å². The van der Waals surface area contributed by atoms with Crippen LogP contribution in [0.4, 0.5) is 0 Å². The molecule has 1 rings (SSSR count). The molecule has 1 heterocycles. The van der Waals surface area contributed by atoms with E-state index in [1.807, 2.05) is 6.92 Å². The number of rotatable bonds is 4. The van der Waals surface area contributed by atoms with E-state index in [4.69, 9.17) is 25.5 Å². The van der Waals surface area contributed by atoms with E-state index in [1.54, 1.807) is 0 Å². The van der Waals surface area contributed by atoms with Gasteiger partial charge in [-0.3, -0.25) is 4.79 Å². The number of aliphatic hydroxyl groups is 2. The van der Waals surface area contributed by atoms with Crippen molar-refractivity contribution < 1.29 is 39.9 Å². The first-order valence-corrected chi connectivity index (χ1v) is 5.93. The normalized spacial score (nSPS) is 24.8. The van der Waals surface area contributed by atoms with Crippen LogP contribution in [-0.4, -0.2) is 68.7 Å². The first kappa shape index (κ1) is 18.3. The van der Waals surface area contributed by atoms with Crippen molar-refractivity contribution in [3.8, 4) is 0 Å². The lowest BCUT2D eigenvalue weighted by Crippen LogP contribution is -2.39. The molecule has 4 atom stereocenters. The smallest absolute Gasteiger partial charge is 0.335 e. The summed E-state index contributed by atoms with van der Waals surface area (Å²) in [5.41, 5.74) is 0. The number of carbonyl (C=O) groups is 3. The van der Waals surface area contributed by atoms with E-state index < -0.39 is 30.1 Å². The molecule has 0 radical (unpaired) electrons. The van der Waals surface area contributed by atoms with E-state index in [1.165, 1.54) is 0 Å². The molecule has 0 spiro atoms. The van der Waals surface area contributed by atoms with Gasteiger partial charge < -0.3 is 30.8 Å². The van der Waals surface area contributed by atoms with Gasteiger partial charge in [0, 0.05) is 6.54 Å². The highest BCUT2D eigenvalue weighted by molar-refractivity contribution is 5.83. The van der Waals surface area contributed by atoms with Crippen molar-refractivity contribution in [2.45, 2.75) is 25.6 Å². The number of carboxylic acids is 3. The summed E-state index contributed by atoms with van der Waals surface area (Å²) in [6.45, 7) is 3.60. The third-order valence-electron chi connectivity index (χ3n) is 2.95. The summed E-state index contributed by atoms with van der Waals surface area (Å²) in [6, 6.07) is 0. The molecule has 0 aromatic heterocycles. The summed E-state index contributed by atoms with van der Waals surface area (Å²) in [6.07, 6.45) is -3.55. The summed E-state index contributed by atoms with van der Waals surface area (Å²) in [4.78, 5) is 30.1. The van der Waals surface area contributed by atoms with Crippen molar-refractivity contribution in [2.75, 3.05) is 13.1 Å². The molecule has 0 amide bonds. The quantitative estimate of drug-likeness (QED) is 0.350. The fourth-order valence-corrected chi connectivity index (χ4v) is 1.59. The van der Waals surface area contributed by atoms with Crippen LogP contribution < -0.4 is 5.32 Å². The second kappa shape index (κ2) is 8.46. The van der Waals surface area contributed by atoms with Crippen molar-refractivity contribution in [3.63, 3.8) is 0 Å². The molecule has 3 unspecified atom stereocenters. The van der Waals surface area contributed by atoms with Crippen molar-refractivity contribution in [3.05, 3.63) is 0 Å². The zero-order chi connectivity index (χ0) is 15.9. The van der Waals surface area contributed by atoms with E-state index in [0.29, 0.717) is 12.5 Å². The Kier molecular flexibility index (Phi) is 7.74. The number of nitrogens with one attached hydrogen (secondary N) is 1. The molecule has 0 aromatic rings. The lowest BCUT2D eigenvalue weighted by atomic mass is 9.88. The van der Waals surface area contributed by atoms with E-state index in [0.717, 1.165) is 13.0 Å². The van der Waals surface area contributed by atoms with Crippen LogP contribution in [-0.2, 0) is 14.4 Å². The maximum absolute atomic E-state index is 10.5. The molecule has 1 fully saturated rings. The van der Waals surface area contributed by atoms with Crippen molar-refractivity contribution in [2.24, 2.45) is 11.8 Å². The van der Waals surface area contributed by atoms with E-state index >= 15 is 0 Å². The lowest BCUT2D eigenvalue weighted by Gasteiger charge is -2.25. The zero-order valence-corrected chi connectivity index (χ0v) is 10.9. The lowest BCUT2D eigenvalue weighted by molar-refractivity contribution is -0.165. The Balaban J connectivity index is 0.000000361. The van der Waals surface area contributed by atoms with Gasteiger partial charge in [0.2, 0.25) is 0 Å². The van der Waals surface area contributed by atoms with Gasteiger partial charge in [0.25, 0.3) is 0 Å². The number of piperidine rings is 1. The second-order valence-corrected chi connectivity index (χ2v) is 4.48. The van der Waals surface area contributed by atoms with Crippen LogP contribution in [0.3, 0.4) is 0 Å². The van der Waals surface area contributed by atoms with Crippen LogP contribution in [0.15, 0.2) is 0 Å². The van der Waals surface area contributed by atoms with Crippen LogP contribution in [0, 0.1) is 11.8 Å². The Labute approximate surface area is 114 Å². The second-order valence-electron chi connectivity index (χ2n) is 4.48. The van der Waals surface area contributed by atoms with Gasteiger partial charge in [0.05, 0.1) is 5.92 Å². The molecule has 9 heteroatoms. The SMILES string of the molecule is CC1CCNC[C@H]1C(=O)O.O=C(O)C(O)C(O)C(=O)O. The van der Waals surface area contributed by atoms with Crippen molar-refractivity contribution >= 4 is 17.9 Å². The van der Waals surface area contributed by atoms with Crippen LogP contribution in [0.1, 0.15) is 13.3 Å². The average Bonchev–Trinajstić information content (AvgIpc) is 2.37. The first-order chi connectivity index (χ1) is 9.18. The zero-order valence-electron chi connectivity index (χ0n) is 10.9. The third kappa shape index (κ3) is 5.95. The fourth-order valence-electron chi connectivity index (χ4n) is 1.59. The maximum Gasteiger partial charge on any atom is 0.335 e. The van der Waals surface area contributed by atoms with Crippen LogP contribution in [0.25, 0.3) is 0 Å². The minimum Gasteiger partial charge on any atom is -0.481 e. The monoisotopic (exact) mass is 293 g/mol. The first-order valence-electron chi connectivity index (χ1n) is 5.93. The largest absolute Gasteiger partial charge is 0.481 e. The van der Waals surface area contributed by atoms with Gasteiger partial charge in [-0.25, -0.2) is 9.59 Å². The molecule has 9 nitrogen and oxygen atoms in total. The fraction of sp³-hybridized carbons (Fsp3) is 0.727. The standard InChI is InChI=1S/C7H13NO2.C4H6O6/c1-5-2-3-8-4-6(5)7(9)10;5-1(3(7)8)2(6)4(9)10/h5-6,8H,2-4H2,1H3,(H,9,10);1-2,5-6H,(H,7,8)(H,9,10)/t5?,6-;/m1./s1. The summed E-state index contributed by atoms with van der Waals surface area (Å²) in [5, 5.41) is 44.3. The minimum absolute atomic E-state index is 0.172. The average molecular weight is 293 g/mol. The van der Waals surface area contributed by atoms with Crippen LogP contribution in [0.5, 0.6) is 0 Å². The Hall–Kier alpha value is -1.71. The highest BCUT2D eigenvalue weighted by Gasteiger charge is 2.29. The number of hydrogen-bond donors (Lipinski definition) is 6. The molecule has 116 valence electrons. The van der Waals surface area contributed by atoms with Gasteiger partial charge >= 0.3 is 17.9 Å². The number of carboxylic acid groups (broad SMARTS) is 3. The van der Waals surface area contributed by atoms with Gasteiger partial charge in [-0.1, -0.05) is 6.92 Å². The van der Waals surface area contributed by atoms with E-state index in [-0.39, 0.29) is 5.92 Å². The molecular formula is C11H19NO8. The minimum atomic E-state index is -2.27. The molecule has 1 saturated heterocycles. The number of aliphatic hydroxyl groups excluding tert-OH is 2. The molecule has 6 N–H and O–H groups in total. The van der Waals surface area contributed by atoms with Gasteiger partial charge in [-0.2, -0.15) is 0 Å². The van der Waals surface area contributed by atoms with Crippen molar-refractivity contribution in [1.29, 1.82) is 0 Å². The molecule has 1 aliphatic heterocycles. The van der Waals surface area contributed by atoms with E-state index in [9.17, 15) is 14.4 Å². The Morgan fingerprint density at radius 2 is 1.50 bits per heavy atom. The van der Waals surface area contributed by atoms with E-state index in [2.05, 4.69) is 5.32 Å². The van der Waals surface area contributed by atoms with Gasteiger partial charge in [0.1, 0.15) is 0 Å². The molecule has 0 aromatic carbocycles. The topological polar surface area (TPSA) is 164 Å². The summed E-state index contributed by atoms with van der Waals surface area (Å²) in [5.74, 6) is -4.04. The molecule has 0 bridgehead atoms. The summed E-state index contributed by atoms with van der Waals surface area (Å²) in [7, 11) is 0. The number of aliphatic carboxylic acids is 3. The Morgan fingerprint density at radius 1 is 1.05 bits per heavy atom. The third-order valence-corrected chi connectivity index (χ3v) is 2.95. The Bertz CT molecular complexity index is 340. The van der Waals surface area contributed by atoms with Crippen LogP contribution >= 0.6 is 0 Å². The van der Waals surface area contributed by atoms with Gasteiger partial charge in [0.15, 0.2) is 12.2 Å². The molecule has 0 aliphatic carbocycles. The summed E-state index contributed by atoms with van der Waals surface area (Å²) < 4.78 is 0. The molecular weight excluding hydrogens is 274 g/mol. The Morgan fingerprint density at radius 3 is 1.75 bits per heavy atom. The van der Waals surface area contributed by atoms with Gasteiger partial charge in [-0.05, 0) is 18.9 Å².